The molecule has 0 amide bonds. The summed E-state index contributed by atoms with van der Waals surface area (Å²) >= 11 is 0. The fourth-order valence-electron chi connectivity index (χ4n) is 4.02. The van der Waals surface area contributed by atoms with E-state index < -0.39 is 0 Å². The molecule has 2 aliphatic heterocycles. The van der Waals surface area contributed by atoms with E-state index in [1.54, 1.807) is 46.3 Å². The van der Waals surface area contributed by atoms with Gasteiger partial charge in [-0.2, -0.15) is 0 Å². The molecular weight excluding hydrogens is 364 g/mol. The van der Waals surface area contributed by atoms with Crippen molar-refractivity contribution in [1.82, 2.24) is 0 Å². The maximum atomic E-state index is 4.82. The van der Waals surface area contributed by atoms with Crippen LogP contribution in [-0.2, 0) is 18.9 Å². The molecule has 4 aliphatic rings. The van der Waals surface area contributed by atoms with Crippen LogP contribution in [0.3, 0.4) is 0 Å². The Balaban J connectivity index is 0.000000412. The molecule has 29 heavy (non-hydrogen) atoms. The van der Waals surface area contributed by atoms with Gasteiger partial charge in [-0.25, -0.2) is 0 Å². The van der Waals surface area contributed by atoms with Gasteiger partial charge in [0.25, 0.3) is 0 Å². The van der Waals surface area contributed by atoms with Gasteiger partial charge in [0.2, 0.25) is 0 Å². The first kappa shape index (κ1) is 28.8. The summed E-state index contributed by atoms with van der Waals surface area (Å²) in [6.07, 6.45) is 17.8. The van der Waals surface area contributed by atoms with Gasteiger partial charge < -0.3 is 18.9 Å². The molecule has 0 bridgehead atoms. The first-order valence-electron chi connectivity index (χ1n) is 12.5. The monoisotopic (exact) mass is 416 g/mol. The van der Waals surface area contributed by atoms with E-state index in [4.69, 9.17) is 18.9 Å². The second kappa shape index (κ2) is 21.1. The Morgan fingerprint density at radius 2 is 0.897 bits per heavy atom. The van der Waals surface area contributed by atoms with Gasteiger partial charge in [-0.1, -0.05) is 91.9 Å². The third kappa shape index (κ3) is 18.3. The van der Waals surface area contributed by atoms with E-state index in [1.807, 2.05) is 27.7 Å². The molecule has 2 atom stereocenters. The van der Waals surface area contributed by atoms with E-state index in [2.05, 4.69) is 0 Å². The number of rotatable bonds is 6. The molecule has 2 saturated heterocycles. The summed E-state index contributed by atoms with van der Waals surface area (Å²) in [4.78, 5) is 0. The van der Waals surface area contributed by atoms with Crippen molar-refractivity contribution in [2.24, 2.45) is 11.8 Å². The standard InChI is InChI=1S/C13H24.2C4H8O2.2C2H6/c1-3-7-12(8-4-1)11-13-9-5-2-6-10-13;2*1-5-2-4-3-6-4;2*1-2/h12-13H,1-11H2;2*4H,2-3H2,1H3;2*1-2H3. The SMILES string of the molecule is C1CCC(CC2CCCCC2)CC1.CC.CC.COCC1CO1.COCC1CO1. The quantitative estimate of drug-likeness (QED) is 0.454. The van der Waals surface area contributed by atoms with Crippen LogP contribution in [0.25, 0.3) is 0 Å². The minimum absolute atomic E-state index is 0.426. The Hall–Kier alpha value is -0.160. The van der Waals surface area contributed by atoms with Crippen molar-refractivity contribution >= 4 is 0 Å². The van der Waals surface area contributed by atoms with Crippen LogP contribution in [0.15, 0.2) is 0 Å². The molecule has 0 spiro atoms. The van der Waals surface area contributed by atoms with E-state index >= 15 is 0 Å². The van der Waals surface area contributed by atoms with Crippen LogP contribution in [0, 0.1) is 11.8 Å². The molecule has 4 fully saturated rings. The zero-order chi connectivity index (χ0) is 21.7. The van der Waals surface area contributed by atoms with Crippen molar-refractivity contribution in [3.8, 4) is 0 Å². The number of methoxy groups -OCH3 is 2. The van der Waals surface area contributed by atoms with Gasteiger partial charge in [0.05, 0.1) is 26.4 Å². The fraction of sp³-hybridized carbons (Fsp3) is 1.00. The van der Waals surface area contributed by atoms with Gasteiger partial charge >= 0.3 is 0 Å². The van der Waals surface area contributed by atoms with Crippen LogP contribution >= 0.6 is 0 Å². The van der Waals surface area contributed by atoms with E-state index in [9.17, 15) is 0 Å². The van der Waals surface area contributed by atoms with Crippen molar-refractivity contribution in [2.75, 3.05) is 40.6 Å². The topological polar surface area (TPSA) is 43.5 Å². The lowest BCUT2D eigenvalue weighted by molar-refractivity contribution is 0.171. The Morgan fingerprint density at radius 1 is 0.586 bits per heavy atom. The number of hydrogen-bond acceptors (Lipinski definition) is 4. The molecule has 4 nitrogen and oxygen atoms in total. The molecule has 2 heterocycles. The number of ether oxygens (including phenoxy) is 4. The van der Waals surface area contributed by atoms with Gasteiger partial charge in [0.15, 0.2) is 0 Å². The van der Waals surface area contributed by atoms with Crippen LogP contribution in [0.5, 0.6) is 0 Å². The zero-order valence-corrected chi connectivity index (χ0v) is 20.5. The van der Waals surface area contributed by atoms with E-state index in [0.29, 0.717) is 12.2 Å². The summed E-state index contributed by atoms with van der Waals surface area (Å²) in [5.74, 6) is 2.24. The molecule has 2 saturated carbocycles. The summed E-state index contributed by atoms with van der Waals surface area (Å²) < 4.78 is 19.1. The second-order valence-electron chi connectivity index (χ2n) is 8.07. The van der Waals surface area contributed by atoms with Gasteiger partial charge in [-0.3, -0.25) is 0 Å². The van der Waals surface area contributed by atoms with Crippen LogP contribution < -0.4 is 0 Å². The Bertz CT molecular complexity index is 274. The van der Waals surface area contributed by atoms with Crippen LogP contribution in [0.1, 0.15) is 98.3 Å². The molecule has 4 rings (SSSR count). The van der Waals surface area contributed by atoms with E-state index in [0.717, 1.165) is 38.3 Å². The second-order valence-corrected chi connectivity index (χ2v) is 8.07. The molecule has 0 N–H and O–H groups in total. The largest absolute Gasteiger partial charge is 0.382 e. The molecule has 2 unspecified atom stereocenters. The van der Waals surface area contributed by atoms with Gasteiger partial charge in [0, 0.05) is 14.2 Å². The lowest BCUT2D eigenvalue weighted by Crippen LogP contribution is -2.14. The maximum absolute atomic E-state index is 4.82. The van der Waals surface area contributed by atoms with Crippen LogP contribution in [-0.4, -0.2) is 52.9 Å². The first-order valence-corrected chi connectivity index (χ1v) is 12.5. The fourth-order valence-corrected chi connectivity index (χ4v) is 4.02. The number of epoxide rings is 2. The third-order valence-electron chi connectivity index (χ3n) is 5.63. The highest BCUT2D eigenvalue weighted by Crippen LogP contribution is 2.34. The molecule has 4 heteroatoms. The van der Waals surface area contributed by atoms with Crippen molar-refractivity contribution in [1.29, 1.82) is 0 Å². The predicted molar refractivity (Wildman–Crippen MR) is 124 cm³/mol. The van der Waals surface area contributed by atoms with Gasteiger partial charge in [0.1, 0.15) is 12.2 Å². The molecular formula is C25H52O4. The normalized spacial score (nSPS) is 25.4. The minimum Gasteiger partial charge on any atom is -0.382 e. The molecule has 176 valence electrons. The van der Waals surface area contributed by atoms with Gasteiger partial charge in [-0.05, 0) is 18.3 Å². The average molecular weight is 417 g/mol. The highest BCUT2D eigenvalue weighted by atomic mass is 16.6. The summed E-state index contributed by atoms with van der Waals surface area (Å²) in [6, 6.07) is 0. The average Bonchev–Trinajstić information content (AvgIpc) is 3.71. The van der Waals surface area contributed by atoms with Crippen molar-refractivity contribution < 1.29 is 18.9 Å². The van der Waals surface area contributed by atoms with Gasteiger partial charge in [-0.15, -0.1) is 0 Å². The first-order chi connectivity index (χ1) is 14.3. The minimum atomic E-state index is 0.426. The zero-order valence-electron chi connectivity index (χ0n) is 20.5. The number of hydrogen-bond donors (Lipinski definition) is 0. The smallest absolute Gasteiger partial charge is 0.104 e. The lowest BCUT2D eigenvalue weighted by atomic mass is 9.78. The molecule has 0 radical (unpaired) electrons. The maximum Gasteiger partial charge on any atom is 0.104 e. The van der Waals surface area contributed by atoms with Crippen LogP contribution in [0.2, 0.25) is 0 Å². The van der Waals surface area contributed by atoms with Crippen molar-refractivity contribution in [3.63, 3.8) is 0 Å². The highest BCUT2D eigenvalue weighted by molar-refractivity contribution is 4.73. The Morgan fingerprint density at radius 3 is 1.10 bits per heavy atom. The summed E-state index contributed by atoms with van der Waals surface area (Å²) in [5, 5.41) is 0. The van der Waals surface area contributed by atoms with E-state index in [-0.39, 0.29) is 0 Å². The van der Waals surface area contributed by atoms with Crippen LogP contribution in [0.4, 0.5) is 0 Å². The molecule has 0 aromatic rings. The van der Waals surface area contributed by atoms with E-state index in [1.165, 1.54) is 38.5 Å². The predicted octanol–water partition coefficient (Wildman–Crippen LogP) is 6.65. The Labute approximate surface area is 182 Å². The van der Waals surface area contributed by atoms with Crippen molar-refractivity contribution in [2.45, 2.75) is 111 Å². The van der Waals surface area contributed by atoms with Crippen molar-refractivity contribution in [3.05, 3.63) is 0 Å². The summed E-state index contributed by atoms with van der Waals surface area (Å²) in [6.45, 7) is 11.3. The summed E-state index contributed by atoms with van der Waals surface area (Å²) in [7, 11) is 3.36. The summed E-state index contributed by atoms with van der Waals surface area (Å²) in [5.41, 5.74) is 0. The molecule has 2 aliphatic carbocycles. The Kier molecular flexibility index (Phi) is 21.0. The highest BCUT2D eigenvalue weighted by Gasteiger charge is 2.22. The lowest BCUT2D eigenvalue weighted by Gasteiger charge is -2.28. The molecule has 0 aromatic heterocycles. The molecule has 0 aromatic carbocycles. The third-order valence-corrected chi connectivity index (χ3v) is 5.63.